The van der Waals surface area contributed by atoms with E-state index in [0.29, 0.717) is 5.56 Å². The van der Waals surface area contributed by atoms with Gasteiger partial charge in [-0.15, -0.1) is 11.8 Å². The lowest BCUT2D eigenvalue weighted by Crippen LogP contribution is -2.17. The molecular weight excluding hydrogens is 258 g/mol. The Hall–Kier alpha value is -2.14. The summed E-state index contributed by atoms with van der Waals surface area (Å²) in [6, 6.07) is 11.3. The van der Waals surface area contributed by atoms with Gasteiger partial charge >= 0.3 is 0 Å². The first kappa shape index (κ1) is 13.3. The van der Waals surface area contributed by atoms with Crippen molar-refractivity contribution >= 4 is 23.9 Å². The van der Waals surface area contributed by atoms with Crippen molar-refractivity contribution in [2.45, 2.75) is 4.90 Å². The first-order chi connectivity index (χ1) is 9.29. The number of thioether (sulfide) groups is 1. The smallest absolute Gasteiger partial charge is 0.267 e. The highest BCUT2D eigenvalue weighted by Crippen LogP contribution is 2.13. The van der Waals surface area contributed by atoms with Crippen molar-refractivity contribution in [3.8, 4) is 0 Å². The van der Waals surface area contributed by atoms with Gasteiger partial charge in [0.15, 0.2) is 0 Å². The Kier molecular flexibility index (Phi) is 4.69. The number of amides is 1. The van der Waals surface area contributed by atoms with Gasteiger partial charge in [-0.3, -0.25) is 9.78 Å². The average Bonchev–Trinajstić information content (AvgIpc) is 2.49. The van der Waals surface area contributed by atoms with Crippen LogP contribution >= 0.6 is 11.8 Å². The molecule has 1 aromatic carbocycles. The van der Waals surface area contributed by atoms with E-state index in [4.69, 9.17) is 0 Å². The van der Waals surface area contributed by atoms with E-state index in [0.717, 1.165) is 5.56 Å². The predicted octanol–water partition coefficient (Wildman–Crippen LogP) is 2.57. The van der Waals surface area contributed by atoms with Crippen molar-refractivity contribution in [1.82, 2.24) is 10.4 Å². The lowest BCUT2D eigenvalue weighted by molar-refractivity contribution is 0.0955. The number of nitrogens with one attached hydrogen (secondary N) is 1. The summed E-state index contributed by atoms with van der Waals surface area (Å²) in [7, 11) is 0. The molecule has 1 amide bonds. The molecule has 19 heavy (non-hydrogen) atoms. The van der Waals surface area contributed by atoms with Gasteiger partial charge in [0.2, 0.25) is 0 Å². The number of hydrazone groups is 1. The topological polar surface area (TPSA) is 54.4 Å². The van der Waals surface area contributed by atoms with E-state index < -0.39 is 0 Å². The maximum absolute atomic E-state index is 11.7. The van der Waals surface area contributed by atoms with Gasteiger partial charge in [0.1, 0.15) is 0 Å². The SMILES string of the molecule is CSc1ccc(C=NNC(=O)c2cccnc2)cc1. The number of rotatable bonds is 4. The van der Waals surface area contributed by atoms with Crippen LogP contribution in [0.15, 0.2) is 58.8 Å². The van der Waals surface area contributed by atoms with Crippen LogP contribution in [-0.4, -0.2) is 23.4 Å². The first-order valence-corrected chi connectivity index (χ1v) is 6.89. The van der Waals surface area contributed by atoms with Gasteiger partial charge in [0, 0.05) is 17.3 Å². The normalized spacial score (nSPS) is 10.6. The number of nitrogens with zero attached hydrogens (tertiary/aromatic N) is 2. The number of hydrogen-bond acceptors (Lipinski definition) is 4. The van der Waals surface area contributed by atoms with Crippen LogP contribution in [0.25, 0.3) is 0 Å². The fourth-order valence-electron chi connectivity index (χ4n) is 1.42. The van der Waals surface area contributed by atoms with Crippen LogP contribution in [0.2, 0.25) is 0 Å². The molecule has 0 saturated carbocycles. The van der Waals surface area contributed by atoms with Gasteiger partial charge in [0.05, 0.1) is 11.8 Å². The lowest BCUT2D eigenvalue weighted by Gasteiger charge is -1.99. The van der Waals surface area contributed by atoms with Crippen molar-refractivity contribution in [1.29, 1.82) is 0 Å². The second-order valence-corrected chi connectivity index (χ2v) is 4.59. The number of hydrogen-bond donors (Lipinski definition) is 1. The Balaban J connectivity index is 1.94. The monoisotopic (exact) mass is 271 g/mol. The largest absolute Gasteiger partial charge is 0.272 e. The van der Waals surface area contributed by atoms with E-state index in [1.807, 2.05) is 30.5 Å². The molecule has 0 atom stereocenters. The van der Waals surface area contributed by atoms with Gasteiger partial charge in [-0.1, -0.05) is 12.1 Å². The number of carbonyl (C=O) groups is 1. The van der Waals surface area contributed by atoms with Crippen LogP contribution in [0.1, 0.15) is 15.9 Å². The van der Waals surface area contributed by atoms with Gasteiger partial charge in [-0.2, -0.15) is 5.10 Å². The third-order valence-electron chi connectivity index (χ3n) is 2.42. The van der Waals surface area contributed by atoms with Gasteiger partial charge in [0.25, 0.3) is 5.91 Å². The summed E-state index contributed by atoms with van der Waals surface area (Å²) < 4.78 is 0. The Bertz CT molecular complexity index is 567. The predicted molar refractivity (Wildman–Crippen MR) is 77.5 cm³/mol. The molecular formula is C14H13N3OS. The van der Waals surface area contributed by atoms with Gasteiger partial charge < -0.3 is 0 Å². The Morgan fingerprint density at radius 2 is 2.11 bits per heavy atom. The maximum Gasteiger partial charge on any atom is 0.272 e. The third-order valence-corrected chi connectivity index (χ3v) is 3.16. The van der Waals surface area contributed by atoms with Crippen LogP contribution in [0, 0.1) is 0 Å². The fraction of sp³-hybridized carbons (Fsp3) is 0.0714. The molecule has 0 aliphatic heterocycles. The molecule has 0 saturated heterocycles. The molecule has 1 aromatic heterocycles. The van der Waals surface area contributed by atoms with E-state index >= 15 is 0 Å². The summed E-state index contributed by atoms with van der Waals surface area (Å²) in [5.74, 6) is -0.273. The van der Waals surface area contributed by atoms with E-state index in [9.17, 15) is 4.79 Å². The standard InChI is InChI=1S/C14H13N3OS/c1-19-13-6-4-11(5-7-13)9-16-17-14(18)12-3-2-8-15-10-12/h2-10H,1H3,(H,17,18). The zero-order valence-corrected chi connectivity index (χ0v) is 11.2. The highest BCUT2D eigenvalue weighted by Gasteiger charge is 2.02. The summed E-state index contributed by atoms with van der Waals surface area (Å²) in [4.78, 5) is 16.7. The number of benzene rings is 1. The molecule has 0 radical (unpaired) electrons. The molecule has 0 aliphatic carbocycles. The Labute approximate surface area is 116 Å². The minimum atomic E-state index is -0.273. The molecule has 4 nitrogen and oxygen atoms in total. The second-order valence-electron chi connectivity index (χ2n) is 3.71. The van der Waals surface area contributed by atoms with Crippen LogP contribution in [-0.2, 0) is 0 Å². The first-order valence-electron chi connectivity index (χ1n) is 5.67. The summed E-state index contributed by atoms with van der Waals surface area (Å²) in [6.45, 7) is 0. The van der Waals surface area contributed by atoms with E-state index in [-0.39, 0.29) is 5.91 Å². The summed E-state index contributed by atoms with van der Waals surface area (Å²) in [6.07, 6.45) is 6.75. The Morgan fingerprint density at radius 1 is 1.32 bits per heavy atom. The molecule has 1 N–H and O–H groups in total. The minimum Gasteiger partial charge on any atom is -0.267 e. The van der Waals surface area contributed by atoms with Crippen LogP contribution in [0.4, 0.5) is 0 Å². The molecule has 0 aliphatic rings. The molecule has 0 spiro atoms. The molecule has 1 heterocycles. The number of pyridine rings is 1. The highest BCUT2D eigenvalue weighted by molar-refractivity contribution is 7.98. The molecule has 2 rings (SSSR count). The number of carbonyl (C=O) groups excluding carboxylic acids is 1. The maximum atomic E-state index is 11.7. The summed E-state index contributed by atoms with van der Waals surface area (Å²) in [5, 5.41) is 3.91. The van der Waals surface area contributed by atoms with Crippen molar-refractivity contribution in [3.05, 3.63) is 59.9 Å². The molecule has 5 heteroatoms. The molecule has 0 bridgehead atoms. The second kappa shape index (κ2) is 6.70. The zero-order chi connectivity index (χ0) is 13.5. The number of aromatic nitrogens is 1. The van der Waals surface area contributed by atoms with Crippen LogP contribution in [0.3, 0.4) is 0 Å². The van der Waals surface area contributed by atoms with Crippen molar-refractivity contribution in [2.75, 3.05) is 6.26 Å². The van der Waals surface area contributed by atoms with Gasteiger partial charge in [-0.25, -0.2) is 5.43 Å². The van der Waals surface area contributed by atoms with Crippen LogP contribution < -0.4 is 5.43 Å². The molecule has 2 aromatic rings. The third kappa shape index (κ3) is 3.93. The fourth-order valence-corrected chi connectivity index (χ4v) is 1.83. The van der Waals surface area contributed by atoms with E-state index in [2.05, 4.69) is 15.5 Å². The quantitative estimate of drug-likeness (QED) is 0.528. The molecule has 0 fully saturated rings. The lowest BCUT2D eigenvalue weighted by atomic mass is 10.2. The van der Waals surface area contributed by atoms with Crippen LogP contribution in [0.5, 0.6) is 0 Å². The average molecular weight is 271 g/mol. The zero-order valence-electron chi connectivity index (χ0n) is 10.4. The molecule has 0 unspecified atom stereocenters. The summed E-state index contributed by atoms with van der Waals surface area (Å²) in [5.41, 5.74) is 3.88. The van der Waals surface area contributed by atoms with Crippen molar-refractivity contribution in [3.63, 3.8) is 0 Å². The van der Waals surface area contributed by atoms with E-state index in [1.54, 1.807) is 36.3 Å². The minimum absolute atomic E-state index is 0.273. The molecule has 96 valence electrons. The van der Waals surface area contributed by atoms with Gasteiger partial charge in [-0.05, 0) is 36.1 Å². The Morgan fingerprint density at radius 3 is 2.74 bits per heavy atom. The van der Waals surface area contributed by atoms with Crippen molar-refractivity contribution in [2.24, 2.45) is 5.10 Å². The summed E-state index contributed by atoms with van der Waals surface area (Å²) >= 11 is 1.68. The highest BCUT2D eigenvalue weighted by atomic mass is 32.2. The van der Waals surface area contributed by atoms with E-state index in [1.165, 1.54) is 11.1 Å². The van der Waals surface area contributed by atoms with Crippen molar-refractivity contribution < 1.29 is 4.79 Å².